The van der Waals surface area contributed by atoms with Gasteiger partial charge in [0.2, 0.25) is 5.91 Å². The zero-order valence-corrected chi connectivity index (χ0v) is 20.8. The zero-order chi connectivity index (χ0) is 26.5. The summed E-state index contributed by atoms with van der Waals surface area (Å²) in [6.45, 7) is 6.55. The van der Waals surface area contributed by atoms with E-state index in [1.807, 2.05) is 6.92 Å². The van der Waals surface area contributed by atoms with Gasteiger partial charge in [0.25, 0.3) is 5.91 Å². The number of alkyl halides is 3. The van der Waals surface area contributed by atoms with Gasteiger partial charge in [-0.05, 0) is 49.8 Å². The van der Waals surface area contributed by atoms with Crippen LogP contribution in [0.15, 0.2) is 24.5 Å². The second-order valence-electron chi connectivity index (χ2n) is 10.0. The van der Waals surface area contributed by atoms with Crippen molar-refractivity contribution in [2.75, 3.05) is 19.7 Å². The maximum absolute atomic E-state index is 13.6. The molecule has 0 spiro atoms. The second-order valence-corrected chi connectivity index (χ2v) is 10.0. The van der Waals surface area contributed by atoms with Gasteiger partial charge in [0, 0.05) is 31.3 Å². The molecule has 2 aliphatic rings. The topological polar surface area (TPSA) is 100 Å². The van der Waals surface area contributed by atoms with E-state index in [0.29, 0.717) is 53.7 Å². The molecule has 1 saturated heterocycles. The highest BCUT2D eigenvalue weighted by Crippen LogP contribution is 2.40. The van der Waals surface area contributed by atoms with Crippen molar-refractivity contribution in [2.24, 2.45) is 11.8 Å². The molecule has 2 atom stereocenters. The quantitative estimate of drug-likeness (QED) is 0.509. The highest BCUT2D eigenvalue weighted by atomic mass is 19.4. The van der Waals surface area contributed by atoms with Crippen molar-refractivity contribution < 1.29 is 27.5 Å². The lowest BCUT2D eigenvalue weighted by Crippen LogP contribution is -2.40. The highest BCUT2D eigenvalue weighted by Gasteiger charge is 2.34. The number of aryl methyl sites for hydroxylation is 1. The summed E-state index contributed by atoms with van der Waals surface area (Å²) in [5, 5.41) is 3.00. The summed E-state index contributed by atoms with van der Waals surface area (Å²) < 4.78 is 46.6. The molecule has 8 nitrogen and oxygen atoms in total. The van der Waals surface area contributed by atoms with Crippen LogP contribution in [0.3, 0.4) is 0 Å². The number of H-pyrrole nitrogens is 1. The van der Waals surface area contributed by atoms with E-state index in [1.165, 1.54) is 19.3 Å². The molecule has 3 aromatic rings. The van der Waals surface area contributed by atoms with Gasteiger partial charge in [0.1, 0.15) is 23.3 Å². The van der Waals surface area contributed by atoms with Crippen LogP contribution < -0.4 is 10.1 Å². The van der Waals surface area contributed by atoms with Crippen LogP contribution in [0.4, 0.5) is 13.2 Å². The van der Waals surface area contributed by atoms with Crippen molar-refractivity contribution in [3.63, 3.8) is 0 Å². The van der Waals surface area contributed by atoms with Gasteiger partial charge in [-0.1, -0.05) is 6.92 Å². The fourth-order valence-corrected chi connectivity index (χ4v) is 4.76. The Balaban J connectivity index is 1.52. The van der Waals surface area contributed by atoms with Crippen molar-refractivity contribution in [3.05, 3.63) is 41.3 Å². The zero-order valence-electron chi connectivity index (χ0n) is 20.8. The molecule has 2 aromatic heterocycles. The number of rotatable bonds is 6. The first-order chi connectivity index (χ1) is 17.5. The minimum Gasteiger partial charge on any atom is -0.493 e. The van der Waals surface area contributed by atoms with Crippen LogP contribution in [-0.4, -0.2) is 57.4 Å². The number of carbonyl (C=O) groups is 2. The minimum absolute atomic E-state index is 0.0509. The van der Waals surface area contributed by atoms with Crippen molar-refractivity contribution in [1.29, 1.82) is 0 Å². The van der Waals surface area contributed by atoms with Gasteiger partial charge in [-0.2, -0.15) is 13.2 Å². The highest BCUT2D eigenvalue weighted by molar-refractivity contribution is 6.09. The fourth-order valence-electron chi connectivity index (χ4n) is 4.76. The van der Waals surface area contributed by atoms with Crippen molar-refractivity contribution in [2.45, 2.75) is 45.8 Å². The molecule has 0 radical (unpaired) electrons. The van der Waals surface area contributed by atoms with Gasteiger partial charge in [0.15, 0.2) is 0 Å². The van der Waals surface area contributed by atoms with Crippen LogP contribution in [0.25, 0.3) is 22.3 Å². The Labute approximate surface area is 211 Å². The number of hydrogen-bond acceptors (Lipinski definition) is 5. The maximum Gasteiger partial charge on any atom is 0.416 e. The molecule has 1 aliphatic heterocycles. The summed E-state index contributed by atoms with van der Waals surface area (Å²) in [6, 6.07) is 3.11. The lowest BCUT2D eigenvalue weighted by Gasteiger charge is -2.16. The molecule has 3 heterocycles. The summed E-state index contributed by atoms with van der Waals surface area (Å²) >= 11 is 0. The number of ether oxygens (including phenoxy) is 1. The third-order valence-corrected chi connectivity index (χ3v) is 7.11. The van der Waals surface area contributed by atoms with Crippen molar-refractivity contribution >= 4 is 22.8 Å². The molecule has 2 unspecified atom stereocenters. The largest absolute Gasteiger partial charge is 0.493 e. The molecule has 196 valence electrons. The van der Waals surface area contributed by atoms with Gasteiger partial charge in [-0.25, -0.2) is 9.97 Å². The second kappa shape index (κ2) is 9.35. The first kappa shape index (κ1) is 25.0. The Hall–Kier alpha value is -3.63. The van der Waals surface area contributed by atoms with Crippen LogP contribution in [0.2, 0.25) is 0 Å². The van der Waals surface area contributed by atoms with Crippen molar-refractivity contribution in [3.8, 4) is 17.0 Å². The number of nitrogens with one attached hydrogen (secondary N) is 2. The van der Waals surface area contributed by atoms with Gasteiger partial charge in [-0.3, -0.25) is 9.59 Å². The number of amides is 2. The fraction of sp³-hybridized carbons (Fsp3) is 0.462. The molecular formula is C26H28F3N5O3. The van der Waals surface area contributed by atoms with Gasteiger partial charge in [-0.15, -0.1) is 0 Å². The number of aromatic nitrogens is 3. The Morgan fingerprint density at radius 3 is 2.62 bits per heavy atom. The molecule has 2 fully saturated rings. The first-order valence-corrected chi connectivity index (χ1v) is 12.3. The van der Waals surface area contributed by atoms with E-state index >= 15 is 0 Å². The minimum atomic E-state index is -4.54. The number of halogens is 3. The maximum atomic E-state index is 13.6. The predicted molar refractivity (Wildman–Crippen MR) is 130 cm³/mol. The average molecular weight is 516 g/mol. The van der Waals surface area contributed by atoms with E-state index in [1.54, 1.807) is 11.8 Å². The summed E-state index contributed by atoms with van der Waals surface area (Å²) in [5.41, 5.74) is 1.04. The van der Waals surface area contributed by atoms with Crippen LogP contribution in [-0.2, 0) is 11.0 Å². The van der Waals surface area contributed by atoms with E-state index in [2.05, 4.69) is 20.3 Å². The predicted octanol–water partition coefficient (Wildman–Crippen LogP) is 4.34. The van der Waals surface area contributed by atoms with E-state index in [9.17, 15) is 22.8 Å². The third kappa shape index (κ3) is 4.99. The number of hydrogen-bond donors (Lipinski definition) is 2. The molecule has 1 saturated carbocycles. The third-order valence-electron chi connectivity index (χ3n) is 7.11. The Morgan fingerprint density at radius 2 is 1.97 bits per heavy atom. The number of benzene rings is 1. The van der Waals surface area contributed by atoms with E-state index in [-0.39, 0.29) is 35.0 Å². The molecule has 37 heavy (non-hydrogen) atoms. The Kier molecular flexibility index (Phi) is 6.33. The number of carbonyl (C=O) groups excluding carboxylic acids is 2. The molecular weight excluding hydrogens is 487 g/mol. The van der Waals surface area contributed by atoms with Crippen molar-refractivity contribution in [1.82, 2.24) is 25.2 Å². The molecule has 0 bridgehead atoms. The normalized spacial score (nSPS) is 19.9. The van der Waals surface area contributed by atoms with E-state index < -0.39 is 11.7 Å². The summed E-state index contributed by atoms with van der Waals surface area (Å²) in [6.07, 6.45) is -1.24. The summed E-state index contributed by atoms with van der Waals surface area (Å²) in [7, 11) is 0. The Morgan fingerprint density at radius 1 is 1.22 bits per heavy atom. The lowest BCUT2D eigenvalue weighted by molar-refractivity contribution is -0.137. The molecule has 5 rings (SSSR count). The summed E-state index contributed by atoms with van der Waals surface area (Å²) in [4.78, 5) is 38.5. The molecule has 11 heteroatoms. The lowest BCUT2D eigenvalue weighted by atomic mass is 10.0. The van der Waals surface area contributed by atoms with Crippen LogP contribution in [0, 0.1) is 18.8 Å². The average Bonchev–Trinajstić information content (AvgIpc) is 3.50. The SMILES string of the molecule is CC(=O)N1CC(C)C(NC(=O)c2c(C)[nH]c3c(-c4cc(C(F)(F)F)ccc4OCC4CC4)ncnc23)C1. The smallest absolute Gasteiger partial charge is 0.416 e. The molecule has 1 aliphatic carbocycles. The Bertz CT molecular complexity index is 1370. The van der Waals surface area contributed by atoms with Crippen LogP contribution in [0.1, 0.15) is 48.3 Å². The van der Waals surface area contributed by atoms with Gasteiger partial charge in [0.05, 0.1) is 29.3 Å². The molecule has 2 amide bonds. The number of nitrogens with zero attached hydrogens (tertiary/aromatic N) is 3. The van der Waals surface area contributed by atoms with Gasteiger partial charge < -0.3 is 19.9 Å². The van der Waals surface area contributed by atoms with Crippen LogP contribution in [0.5, 0.6) is 5.75 Å². The first-order valence-electron chi connectivity index (χ1n) is 12.3. The number of fused-ring (bicyclic) bond motifs is 1. The molecule has 2 N–H and O–H groups in total. The number of aromatic amines is 1. The summed E-state index contributed by atoms with van der Waals surface area (Å²) in [5.74, 6) is 0.345. The van der Waals surface area contributed by atoms with Crippen LogP contribution >= 0.6 is 0 Å². The molecule has 1 aromatic carbocycles. The standard InChI is InChI=1S/C26H28F3N5O3/c1-13-9-34(15(3)35)10-19(13)33-25(36)21-14(2)32-24-22(30-12-31-23(21)24)18-8-17(26(27,28)29)6-7-20(18)37-11-16-4-5-16/h6-8,12-13,16,19,32H,4-5,9-11H2,1-3H3,(H,33,36). The monoisotopic (exact) mass is 515 g/mol. The van der Waals surface area contributed by atoms with Gasteiger partial charge >= 0.3 is 6.18 Å². The van der Waals surface area contributed by atoms with E-state index in [0.717, 1.165) is 25.0 Å². The number of likely N-dealkylation sites (tertiary alicyclic amines) is 1. The van der Waals surface area contributed by atoms with E-state index in [4.69, 9.17) is 4.74 Å².